The Morgan fingerprint density at radius 3 is 1.44 bits per heavy atom. The minimum atomic E-state index is -0.560. The summed E-state index contributed by atoms with van der Waals surface area (Å²) in [5.41, 5.74) is 1.32. The van der Waals surface area contributed by atoms with Gasteiger partial charge in [-0.25, -0.2) is 0 Å². The number of benzene rings is 1. The lowest BCUT2D eigenvalue weighted by molar-refractivity contribution is 0.110. The van der Waals surface area contributed by atoms with Crippen molar-refractivity contribution in [3.8, 4) is 0 Å². The van der Waals surface area contributed by atoms with Crippen molar-refractivity contribution in [2.75, 3.05) is 6.61 Å². The van der Waals surface area contributed by atoms with E-state index in [0.29, 0.717) is 0 Å². The Hall–Kier alpha value is -0.860. The first-order chi connectivity index (χ1) is 7.66. The average molecular weight is 228 g/mol. The molecular formula is C14H28O2. The number of hydrogen-bond acceptors (Lipinski definition) is 2. The van der Waals surface area contributed by atoms with Crippen molar-refractivity contribution < 1.29 is 10.2 Å². The number of aliphatic hydroxyl groups excluding tert-OH is 2. The summed E-state index contributed by atoms with van der Waals surface area (Å²) in [7, 11) is 0. The van der Waals surface area contributed by atoms with E-state index in [4.69, 9.17) is 10.2 Å². The zero-order valence-corrected chi connectivity index (χ0v) is 11.6. The molecule has 0 heterocycles. The van der Waals surface area contributed by atoms with Crippen LogP contribution in [0.3, 0.4) is 0 Å². The molecule has 1 aromatic carbocycles. The summed E-state index contributed by atoms with van der Waals surface area (Å²) >= 11 is 0. The van der Waals surface area contributed by atoms with Crippen LogP contribution in [0.1, 0.15) is 40.2 Å². The van der Waals surface area contributed by atoms with Crippen molar-refractivity contribution in [1.82, 2.24) is 0 Å². The molecule has 2 heteroatoms. The Morgan fingerprint density at radius 1 is 1.00 bits per heavy atom. The molecule has 16 heavy (non-hydrogen) atoms. The molecule has 0 aliphatic rings. The van der Waals surface area contributed by atoms with Crippen molar-refractivity contribution in [3.05, 3.63) is 35.9 Å². The number of aryl methyl sites for hydroxylation is 1. The monoisotopic (exact) mass is 228 g/mol. The van der Waals surface area contributed by atoms with E-state index < -0.39 is 6.10 Å². The molecule has 0 saturated heterocycles. The third-order valence-corrected chi connectivity index (χ3v) is 1.20. The van der Waals surface area contributed by atoms with Crippen LogP contribution in [0, 0.1) is 6.92 Å². The maximum Gasteiger partial charge on any atom is 0.0742 e. The van der Waals surface area contributed by atoms with E-state index in [0.717, 1.165) is 0 Å². The van der Waals surface area contributed by atoms with E-state index in [1.54, 1.807) is 0 Å². The maximum atomic E-state index is 8.11. The lowest BCUT2D eigenvalue weighted by atomic mass is 10.2. The van der Waals surface area contributed by atoms with Crippen molar-refractivity contribution in [2.45, 2.75) is 47.6 Å². The van der Waals surface area contributed by atoms with Crippen molar-refractivity contribution >= 4 is 0 Å². The molecule has 0 fully saturated rings. The van der Waals surface area contributed by atoms with Crippen molar-refractivity contribution in [2.24, 2.45) is 0 Å². The zero-order chi connectivity index (χ0) is 13.4. The van der Waals surface area contributed by atoms with Gasteiger partial charge in [0.05, 0.1) is 12.7 Å². The fourth-order valence-electron chi connectivity index (χ4n) is 0.534. The van der Waals surface area contributed by atoms with Crippen LogP contribution in [0.5, 0.6) is 0 Å². The second kappa shape index (κ2) is 19.7. The lowest BCUT2D eigenvalue weighted by Crippen LogP contribution is -2.03. The quantitative estimate of drug-likeness (QED) is 0.773. The van der Waals surface area contributed by atoms with Gasteiger partial charge >= 0.3 is 0 Å². The molecule has 1 atom stereocenters. The van der Waals surface area contributed by atoms with Gasteiger partial charge in [0.1, 0.15) is 0 Å². The standard InChI is InChI=1S/C7H8.C3H8O2.2C2H6/c1-7-5-3-2-4-6-7;1-3(5)2-4;2*1-2/h2-6H,1H3;3-5H,2H2,1H3;2*1-2H3. The van der Waals surface area contributed by atoms with Crippen LogP contribution in [0.4, 0.5) is 0 Å². The van der Waals surface area contributed by atoms with E-state index in [9.17, 15) is 0 Å². The smallest absolute Gasteiger partial charge is 0.0742 e. The van der Waals surface area contributed by atoms with Gasteiger partial charge in [-0.15, -0.1) is 0 Å². The van der Waals surface area contributed by atoms with E-state index in [2.05, 4.69) is 19.1 Å². The average Bonchev–Trinajstić information content (AvgIpc) is 2.36. The molecule has 0 aliphatic heterocycles. The molecule has 0 saturated carbocycles. The van der Waals surface area contributed by atoms with Crippen molar-refractivity contribution in [1.29, 1.82) is 0 Å². The van der Waals surface area contributed by atoms with Gasteiger partial charge in [0.15, 0.2) is 0 Å². The molecule has 1 rings (SSSR count). The Morgan fingerprint density at radius 2 is 1.31 bits per heavy atom. The third-order valence-electron chi connectivity index (χ3n) is 1.20. The van der Waals surface area contributed by atoms with Gasteiger partial charge in [0.2, 0.25) is 0 Å². The van der Waals surface area contributed by atoms with Crippen LogP contribution in [0.25, 0.3) is 0 Å². The van der Waals surface area contributed by atoms with Gasteiger partial charge in [-0.05, 0) is 13.8 Å². The fraction of sp³-hybridized carbons (Fsp3) is 0.571. The van der Waals surface area contributed by atoms with E-state index in [1.807, 2.05) is 45.9 Å². The molecule has 0 bridgehead atoms. The first-order valence-corrected chi connectivity index (χ1v) is 5.97. The molecule has 0 aromatic heterocycles. The van der Waals surface area contributed by atoms with E-state index in [-0.39, 0.29) is 6.61 Å². The van der Waals surface area contributed by atoms with Gasteiger partial charge < -0.3 is 10.2 Å². The summed E-state index contributed by atoms with van der Waals surface area (Å²) < 4.78 is 0. The lowest BCUT2D eigenvalue weighted by Gasteiger charge is -1.90. The fourth-order valence-corrected chi connectivity index (χ4v) is 0.534. The summed E-state index contributed by atoms with van der Waals surface area (Å²) in [4.78, 5) is 0. The number of hydrogen-bond donors (Lipinski definition) is 2. The highest BCUT2D eigenvalue weighted by molar-refractivity contribution is 5.11. The SMILES string of the molecule is CC.CC.CC(O)CO.Cc1ccccc1. The Bertz CT molecular complexity index is 183. The second-order valence-corrected chi connectivity index (χ2v) is 2.69. The summed E-state index contributed by atoms with van der Waals surface area (Å²) in [6.07, 6.45) is -0.560. The topological polar surface area (TPSA) is 40.5 Å². The Labute approximate surface area is 101 Å². The highest BCUT2D eigenvalue weighted by Gasteiger charge is 1.83. The molecule has 0 spiro atoms. The first-order valence-electron chi connectivity index (χ1n) is 5.97. The summed E-state index contributed by atoms with van der Waals surface area (Å²) in [6.45, 7) is 11.5. The molecule has 2 nitrogen and oxygen atoms in total. The number of aliphatic hydroxyl groups is 2. The van der Waals surface area contributed by atoms with Gasteiger partial charge in [-0.1, -0.05) is 63.6 Å². The molecule has 2 N–H and O–H groups in total. The van der Waals surface area contributed by atoms with Gasteiger partial charge in [-0.3, -0.25) is 0 Å². The molecular weight excluding hydrogens is 200 g/mol. The van der Waals surface area contributed by atoms with Crippen LogP contribution in [0.2, 0.25) is 0 Å². The van der Waals surface area contributed by atoms with Crippen LogP contribution in [-0.2, 0) is 0 Å². The van der Waals surface area contributed by atoms with E-state index in [1.165, 1.54) is 12.5 Å². The first kappa shape index (κ1) is 20.5. The minimum absolute atomic E-state index is 0.139. The third kappa shape index (κ3) is 23.2. The molecule has 1 aromatic rings. The highest BCUT2D eigenvalue weighted by atomic mass is 16.3. The highest BCUT2D eigenvalue weighted by Crippen LogP contribution is 1.92. The molecule has 1 unspecified atom stereocenters. The van der Waals surface area contributed by atoms with Crippen LogP contribution < -0.4 is 0 Å². The van der Waals surface area contributed by atoms with E-state index >= 15 is 0 Å². The number of rotatable bonds is 1. The minimum Gasteiger partial charge on any atom is -0.394 e. The largest absolute Gasteiger partial charge is 0.394 e. The molecule has 0 amide bonds. The second-order valence-electron chi connectivity index (χ2n) is 2.69. The Kier molecular flexibility index (Phi) is 25.3. The zero-order valence-electron chi connectivity index (χ0n) is 11.6. The summed E-state index contributed by atoms with van der Waals surface area (Å²) in [5, 5.41) is 16.0. The van der Waals surface area contributed by atoms with Gasteiger partial charge in [0.25, 0.3) is 0 Å². The Balaban J connectivity index is -0.000000167. The summed E-state index contributed by atoms with van der Waals surface area (Å²) in [5.74, 6) is 0. The maximum absolute atomic E-state index is 8.11. The van der Waals surface area contributed by atoms with Crippen LogP contribution in [-0.4, -0.2) is 22.9 Å². The summed E-state index contributed by atoms with van der Waals surface area (Å²) in [6, 6.07) is 10.3. The van der Waals surface area contributed by atoms with Gasteiger partial charge in [0, 0.05) is 0 Å². The van der Waals surface area contributed by atoms with Crippen LogP contribution in [0.15, 0.2) is 30.3 Å². The predicted octanol–water partition coefficient (Wildman–Crippen LogP) is 3.41. The molecule has 0 aliphatic carbocycles. The van der Waals surface area contributed by atoms with Crippen LogP contribution >= 0.6 is 0 Å². The van der Waals surface area contributed by atoms with Gasteiger partial charge in [-0.2, -0.15) is 0 Å². The normalized spacial score (nSPS) is 9.25. The predicted molar refractivity (Wildman–Crippen MR) is 72.6 cm³/mol. The molecule has 0 radical (unpaired) electrons. The molecule has 96 valence electrons. The van der Waals surface area contributed by atoms with Crippen molar-refractivity contribution in [3.63, 3.8) is 0 Å².